The van der Waals surface area contributed by atoms with Crippen LogP contribution < -0.4 is 10.9 Å². The number of hydrogen-bond donors (Lipinski definition) is 1. The molecule has 7 nitrogen and oxygen atoms in total. The Hall–Kier alpha value is -2.52. The highest BCUT2D eigenvalue weighted by Crippen LogP contribution is 2.20. The lowest BCUT2D eigenvalue weighted by Crippen LogP contribution is -2.33. The number of likely N-dealkylation sites (tertiary alicyclic amines) is 1. The molecule has 0 unspecified atom stereocenters. The molecule has 1 aliphatic rings. The lowest BCUT2D eigenvalue weighted by Gasteiger charge is -2.13. The number of benzene rings is 1. The first-order chi connectivity index (χ1) is 11.9. The zero-order valence-corrected chi connectivity index (χ0v) is 14.4. The van der Waals surface area contributed by atoms with Crippen molar-refractivity contribution >= 4 is 62.7 Å². The summed E-state index contributed by atoms with van der Waals surface area (Å²) in [5, 5.41) is 3.36. The van der Waals surface area contributed by atoms with Crippen LogP contribution in [-0.4, -0.2) is 32.7 Å². The fraction of sp³-hybridized carbons (Fsp3) is 0.188. The van der Waals surface area contributed by atoms with Crippen molar-refractivity contribution in [2.45, 2.75) is 12.8 Å². The second-order valence-electron chi connectivity index (χ2n) is 5.23. The van der Waals surface area contributed by atoms with E-state index in [0.717, 1.165) is 16.7 Å². The number of rotatable bonds is 3. The zero-order chi connectivity index (χ0) is 18.0. The summed E-state index contributed by atoms with van der Waals surface area (Å²) in [6.45, 7) is 0. The fourth-order valence-electron chi connectivity index (χ4n) is 2.32. The average molecular weight is 376 g/mol. The summed E-state index contributed by atoms with van der Waals surface area (Å²) >= 11 is 6.01. The molecule has 3 amide bonds. The molecule has 25 heavy (non-hydrogen) atoms. The Morgan fingerprint density at radius 2 is 1.88 bits per heavy atom. The van der Waals surface area contributed by atoms with Gasteiger partial charge < -0.3 is 9.73 Å². The van der Waals surface area contributed by atoms with Crippen LogP contribution in [0.4, 0.5) is 5.69 Å². The number of hydrogen-bond acceptors (Lipinski definition) is 7. The van der Waals surface area contributed by atoms with Crippen molar-refractivity contribution in [2.24, 2.45) is 0 Å². The third-order valence-electron chi connectivity index (χ3n) is 3.46. The van der Waals surface area contributed by atoms with Crippen molar-refractivity contribution in [1.82, 2.24) is 4.90 Å². The van der Waals surface area contributed by atoms with Gasteiger partial charge in [-0.15, -0.1) is 0 Å². The molecule has 0 saturated carbocycles. The monoisotopic (exact) mass is 376 g/mol. The standard InChI is InChI=1S/C16H12N2O5S2/c19-12(8-25-16(24)18-13(20)4-5-14(18)21)17-10-2-3-11-9(7-10)1-6-15(22)23-11/h1-3,6-7H,4-5,8H2,(H,17,19). The van der Waals surface area contributed by atoms with Crippen LogP contribution in [0.25, 0.3) is 11.0 Å². The van der Waals surface area contributed by atoms with Gasteiger partial charge in [-0.3, -0.25) is 14.4 Å². The Morgan fingerprint density at radius 3 is 2.60 bits per heavy atom. The third-order valence-corrected chi connectivity index (χ3v) is 4.84. The van der Waals surface area contributed by atoms with Gasteiger partial charge in [-0.1, -0.05) is 24.0 Å². The van der Waals surface area contributed by atoms with Gasteiger partial charge in [0.25, 0.3) is 0 Å². The largest absolute Gasteiger partial charge is 0.423 e. The van der Waals surface area contributed by atoms with Crippen LogP contribution in [0.2, 0.25) is 0 Å². The summed E-state index contributed by atoms with van der Waals surface area (Å²) in [5.41, 5.74) is 0.513. The molecule has 0 radical (unpaired) electrons. The number of nitrogens with zero attached hydrogens (tertiary/aromatic N) is 1. The van der Waals surface area contributed by atoms with Crippen molar-refractivity contribution in [1.29, 1.82) is 0 Å². The Morgan fingerprint density at radius 1 is 1.16 bits per heavy atom. The van der Waals surface area contributed by atoms with Crippen molar-refractivity contribution in [3.63, 3.8) is 0 Å². The van der Waals surface area contributed by atoms with Crippen LogP contribution in [0.15, 0.2) is 39.5 Å². The lowest BCUT2D eigenvalue weighted by molar-refractivity contribution is -0.133. The highest BCUT2D eigenvalue weighted by Gasteiger charge is 2.32. The molecule has 1 aliphatic heterocycles. The topological polar surface area (TPSA) is 96.7 Å². The minimum absolute atomic E-state index is 0.0300. The molecular formula is C16H12N2O5S2. The number of anilines is 1. The van der Waals surface area contributed by atoms with E-state index >= 15 is 0 Å². The molecule has 0 aliphatic carbocycles. The van der Waals surface area contributed by atoms with Crippen LogP contribution in [0.1, 0.15) is 12.8 Å². The molecule has 9 heteroatoms. The van der Waals surface area contributed by atoms with Gasteiger partial charge in [-0.05, 0) is 24.3 Å². The van der Waals surface area contributed by atoms with E-state index in [1.54, 1.807) is 24.3 Å². The number of nitrogens with one attached hydrogen (secondary N) is 1. The van der Waals surface area contributed by atoms with E-state index < -0.39 is 5.63 Å². The number of imide groups is 1. The Labute approximate surface area is 151 Å². The first-order valence-electron chi connectivity index (χ1n) is 7.30. The molecule has 0 atom stereocenters. The van der Waals surface area contributed by atoms with Crippen molar-refractivity contribution in [3.8, 4) is 0 Å². The fourth-order valence-corrected chi connectivity index (χ4v) is 3.36. The number of thiocarbonyl (C=S) groups is 1. The number of carbonyl (C=O) groups excluding carboxylic acids is 3. The molecule has 1 saturated heterocycles. The maximum Gasteiger partial charge on any atom is 0.336 e. The lowest BCUT2D eigenvalue weighted by atomic mass is 10.2. The smallest absolute Gasteiger partial charge is 0.336 e. The zero-order valence-electron chi connectivity index (χ0n) is 12.8. The van der Waals surface area contributed by atoms with Crippen LogP contribution in [-0.2, 0) is 14.4 Å². The van der Waals surface area contributed by atoms with Crippen molar-refractivity contribution in [3.05, 3.63) is 40.8 Å². The van der Waals surface area contributed by atoms with Gasteiger partial charge in [-0.25, -0.2) is 9.69 Å². The number of thioether (sulfide) groups is 1. The van der Waals surface area contributed by atoms with E-state index in [1.165, 1.54) is 6.07 Å². The van der Waals surface area contributed by atoms with Gasteiger partial charge in [0.1, 0.15) is 9.90 Å². The van der Waals surface area contributed by atoms with E-state index in [2.05, 4.69) is 5.32 Å². The second kappa shape index (κ2) is 7.16. The van der Waals surface area contributed by atoms with Gasteiger partial charge in [0.15, 0.2) is 0 Å². The summed E-state index contributed by atoms with van der Waals surface area (Å²) in [4.78, 5) is 47.3. The highest BCUT2D eigenvalue weighted by molar-refractivity contribution is 8.23. The van der Waals surface area contributed by atoms with Crippen molar-refractivity contribution in [2.75, 3.05) is 11.1 Å². The molecule has 0 spiro atoms. The molecule has 2 heterocycles. The molecule has 128 valence electrons. The van der Waals surface area contributed by atoms with E-state index in [4.69, 9.17) is 16.6 Å². The molecule has 1 aromatic carbocycles. The summed E-state index contributed by atoms with van der Waals surface area (Å²) in [6, 6.07) is 7.77. The molecule has 1 N–H and O–H groups in total. The predicted molar refractivity (Wildman–Crippen MR) is 97.3 cm³/mol. The average Bonchev–Trinajstić information content (AvgIpc) is 2.91. The van der Waals surface area contributed by atoms with Crippen LogP contribution in [0.5, 0.6) is 0 Å². The van der Waals surface area contributed by atoms with Gasteiger partial charge in [-0.2, -0.15) is 0 Å². The normalized spacial score (nSPS) is 14.2. The van der Waals surface area contributed by atoms with Crippen LogP contribution in [0.3, 0.4) is 0 Å². The summed E-state index contributed by atoms with van der Waals surface area (Å²) in [6.07, 6.45) is 0.303. The predicted octanol–water partition coefficient (Wildman–Crippen LogP) is 1.90. The third kappa shape index (κ3) is 3.94. The number of amides is 3. The number of carbonyl (C=O) groups is 3. The second-order valence-corrected chi connectivity index (χ2v) is 6.84. The van der Waals surface area contributed by atoms with Gasteiger partial charge >= 0.3 is 5.63 Å². The van der Waals surface area contributed by atoms with Crippen LogP contribution >= 0.6 is 24.0 Å². The first kappa shape index (κ1) is 17.3. The van der Waals surface area contributed by atoms with E-state index in [1.807, 2.05) is 0 Å². The van der Waals surface area contributed by atoms with Gasteiger partial charge in [0.05, 0.1) is 5.75 Å². The Kier molecular flexibility index (Phi) is 4.95. The molecule has 1 fully saturated rings. The Balaban J connectivity index is 1.60. The highest BCUT2D eigenvalue weighted by atomic mass is 32.2. The van der Waals surface area contributed by atoms with E-state index in [-0.39, 0.29) is 40.6 Å². The quantitative estimate of drug-likeness (QED) is 0.496. The van der Waals surface area contributed by atoms with Gasteiger partial charge in [0, 0.05) is 30.0 Å². The SMILES string of the molecule is O=C(CSC(=S)N1C(=O)CCC1=O)Nc1ccc2oc(=O)ccc2c1. The minimum atomic E-state index is -0.444. The molecule has 0 bridgehead atoms. The first-order valence-corrected chi connectivity index (χ1v) is 8.70. The molecule has 3 rings (SSSR count). The summed E-state index contributed by atoms with van der Waals surface area (Å²) in [7, 11) is 0. The Bertz CT molecular complexity index is 937. The van der Waals surface area contributed by atoms with E-state index in [0.29, 0.717) is 16.7 Å². The maximum absolute atomic E-state index is 12.0. The molecule has 1 aromatic heterocycles. The molecule has 2 aromatic rings. The summed E-state index contributed by atoms with van der Waals surface area (Å²) < 4.78 is 5.10. The van der Waals surface area contributed by atoms with Crippen LogP contribution in [0, 0.1) is 0 Å². The number of fused-ring (bicyclic) bond motifs is 1. The summed E-state index contributed by atoms with van der Waals surface area (Å²) in [5.74, 6) is -1.03. The minimum Gasteiger partial charge on any atom is -0.423 e. The molecular weight excluding hydrogens is 364 g/mol. The van der Waals surface area contributed by atoms with Gasteiger partial charge in [0.2, 0.25) is 17.7 Å². The maximum atomic E-state index is 12.0. The van der Waals surface area contributed by atoms with E-state index in [9.17, 15) is 19.2 Å². The van der Waals surface area contributed by atoms with Crippen molar-refractivity contribution < 1.29 is 18.8 Å².